The van der Waals surface area contributed by atoms with E-state index in [0.29, 0.717) is 6.42 Å². The summed E-state index contributed by atoms with van der Waals surface area (Å²) >= 11 is 0. The summed E-state index contributed by atoms with van der Waals surface area (Å²) in [5.41, 5.74) is -8.34. The Balaban J connectivity index is 1.80. The van der Waals surface area contributed by atoms with E-state index in [0.717, 1.165) is 6.08 Å². The number of carboxylic acids is 1. The molecule has 0 radical (unpaired) electrons. The lowest BCUT2D eigenvalue weighted by atomic mass is 9.44. The summed E-state index contributed by atoms with van der Waals surface area (Å²) in [7, 11) is 0. The lowest BCUT2D eigenvalue weighted by Crippen LogP contribution is -2.71. The average Bonchev–Trinajstić information content (AvgIpc) is 2.99. The monoisotopic (exact) mass is 510 g/mol. The van der Waals surface area contributed by atoms with Crippen molar-refractivity contribution < 1.29 is 42.9 Å². The highest BCUT2D eigenvalue weighted by Crippen LogP contribution is 2.71. The van der Waals surface area contributed by atoms with Crippen LogP contribution >= 0.6 is 0 Å². The van der Waals surface area contributed by atoms with Crippen molar-refractivity contribution >= 4 is 17.9 Å². The fourth-order valence-corrected chi connectivity index (χ4v) is 7.69. The second-order valence-electron chi connectivity index (χ2n) is 12.1. The minimum Gasteiger partial charge on any atom is -0.478 e. The number of aliphatic hydroxyl groups excluding tert-OH is 1. The molecule has 4 aliphatic rings. The van der Waals surface area contributed by atoms with Crippen molar-refractivity contribution in [3.63, 3.8) is 0 Å². The number of carbonyl (C=O) groups is 3. The number of carboxylic acid groups (broad SMARTS) is 1. The van der Waals surface area contributed by atoms with Crippen molar-refractivity contribution in [1.29, 1.82) is 0 Å². The number of ketones is 1. The lowest BCUT2D eigenvalue weighted by Gasteiger charge is -2.62. The molecule has 200 valence electrons. The number of aliphatic hydroxyl groups is 1. The smallest absolute Gasteiger partial charge is 0.478 e. The molecule has 4 aliphatic carbocycles. The first-order valence-corrected chi connectivity index (χ1v) is 12.6. The minimum atomic E-state index is -2.35. The second kappa shape index (κ2) is 8.10. The van der Waals surface area contributed by atoms with Gasteiger partial charge in [-0.1, -0.05) is 26.8 Å². The molecule has 4 rings (SSSR count). The first kappa shape index (κ1) is 26.8. The molecule has 0 aromatic carbocycles. The highest BCUT2D eigenvalue weighted by atomic mass is 19.1. The highest BCUT2D eigenvalue weighted by molar-refractivity contribution is 6.01. The Kier molecular flexibility index (Phi) is 6.02. The maximum Gasteiger partial charge on any atom is 0.509 e. The summed E-state index contributed by atoms with van der Waals surface area (Å²) in [5.74, 6) is -4.40. The summed E-state index contributed by atoms with van der Waals surface area (Å²) in [6, 6.07) is 0. The van der Waals surface area contributed by atoms with E-state index < -0.39 is 75.6 Å². The predicted octanol–water partition coefficient (Wildman–Crippen LogP) is 4.72. The van der Waals surface area contributed by atoms with E-state index in [-0.39, 0.29) is 24.8 Å². The van der Waals surface area contributed by atoms with E-state index in [2.05, 4.69) is 0 Å². The number of hydrogen-bond donors (Lipinski definition) is 2. The second-order valence-corrected chi connectivity index (χ2v) is 12.1. The Morgan fingerprint density at radius 3 is 2.44 bits per heavy atom. The number of alkyl halides is 2. The van der Waals surface area contributed by atoms with Crippen LogP contribution in [0.4, 0.5) is 13.6 Å². The van der Waals surface area contributed by atoms with Gasteiger partial charge >= 0.3 is 12.1 Å². The summed E-state index contributed by atoms with van der Waals surface area (Å²) < 4.78 is 43.9. The third-order valence-electron chi connectivity index (χ3n) is 9.94. The number of ether oxygens (including phenoxy) is 2. The number of carbonyl (C=O) groups excluding carboxylic acids is 2. The molecule has 0 amide bonds. The fourth-order valence-electron chi connectivity index (χ4n) is 7.69. The van der Waals surface area contributed by atoms with Crippen molar-refractivity contribution in [3.05, 3.63) is 23.8 Å². The van der Waals surface area contributed by atoms with E-state index in [1.807, 2.05) is 0 Å². The van der Waals surface area contributed by atoms with Gasteiger partial charge in [0.1, 0.15) is 11.8 Å². The normalized spacial score (nSPS) is 45.8. The fraction of sp³-hybridized carbons (Fsp3) is 0.741. The molecule has 0 bridgehead atoms. The van der Waals surface area contributed by atoms with Crippen LogP contribution in [0, 0.1) is 28.6 Å². The van der Waals surface area contributed by atoms with Crippen LogP contribution in [-0.2, 0) is 19.1 Å². The molecule has 0 spiro atoms. The zero-order valence-electron chi connectivity index (χ0n) is 21.6. The van der Waals surface area contributed by atoms with Gasteiger partial charge in [-0.05, 0) is 70.1 Å². The van der Waals surface area contributed by atoms with Gasteiger partial charge in [-0.3, -0.25) is 4.79 Å². The van der Waals surface area contributed by atoms with Gasteiger partial charge in [0.05, 0.1) is 6.10 Å². The van der Waals surface area contributed by atoms with Crippen LogP contribution in [0.1, 0.15) is 67.2 Å². The maximum absolute atomic E-state index is 17.3. The first-order valence-electron chi connectivity index (χ1n) is 12.6. The van der Waals surface area contributed by atoms with Gasteiger partial charge in [-0.15, -0.1) is 0 Å². The molecule has 9 heteroatoms. The topological polar surface area (TPSA) is 110 Å². The van der Waals surface area contributed by atoms with Crippen LogP contribution in [0.25, 0.3) is 0 Å². The zero-order valence-corrected chi connectivity index (χ0v) is 21.6. The summed E-state index contributed by atoms with van der Waals surface area (Å²) in [6.07, 6.45) is -0.881. The van der Waals surface area contributed by atoms with Crippen molar-refractivity contribution in [3.8, 4) is 0 Å². The van der Waals surface area contributed by atoms with Crippen LogP contribution in [-0.4, -0.2) is 57.3 Å². The molecule has 9 atom stereocenters. The Labute approximate surface area is 209 Å². The van der Waals surface area contributed by atoms with Gasteiger partial charge in [0.15, 0.2) is 11.5 Å². The molecule has 1 unspecified atom stereocenters. The average molecular weight is 511 g/mol. The van der Waals surface area contributed by atoms with Gasteiger partial charge in [0.2, 0.25) is 5.60 Å². The van der Waals surface area contributed by atoms with Crippen LogP contribution in [0.3, 0.4) is 0 Å². The van der Waals surface area contributed by atoms with Crippen molar-refractivity contribution in [2.75, 3.05) is 0 Å². The number of halogens is 2. The third-order valence-corrected chi connectivity index (χ3v) is 9.94. The molecular formula is C27H36F2O7. The predicted molar refractivity (Wildman–Crippen MR) is 125 cm³/mol. The number of hydrogen-bond acceptors (Lipinski definition) is 6. The number of aliphatic carboxylic acids is 1. The molecular weight excluding hydrogens is 474 g/mol. The zero-order chi connectivity index (χ0) is 27.1. The molecule has 0 aliphatic heterocycles. The molecule has 0 aromatic rings. The Morgan fingerprint density at radius 1 is 1.22 bits per heavy atom. The molecule has 7 nitrogen and oxygen atoms in total. The van der Waals surface area contributed by atoms with E-state index >= 15 is 8.78 Å². The minimum absolute atomic E-state index is 0.00595. The van der Waals surface area contributed by atoms with Crippen molar-refractivity contribution in [2.45, 2.75) is 96.4 Å². The third kappa shape index (κ3) is 3.26. The maximum atomic E-state index is 17.3. The summed E-state index contributed by atoms with van der Waals surface area (Å²) in [4.78, 5) is 37.7. The van der Waals surface area contributed by atoms with E-state index in [4.69, 9.17) is 9.47 Å². The van der Waals surface area contributed by atoms with Gasteiger partial charge < -0.3 is 19.7 Å². The van der Waals surface area contributed by atoms with E-state index in [9.17, 15) is 24.6 Å². The van der Waals surface area contributed by atoms with Gasteiger partial charge in [-0.2, -0.15) is 0 Å². The van der Waals surface area contributed by atoms with Gasteiger partial charge in [0, 0.05) is 22.7 Å². The lowest BCUT2D eigenvalue weighted by molar-refractivity contribution is -0.233. The van der Waals surface area contributed by atoms with Crippen LogP contribution in [0.2, 0.25) is 0 Å². The SMILES string of the molecule is CCC(C)(C)OC(=O)O[C@]1(C(=O)O)[C@H](C)C[C@H]2[C@@H]3C[C@H](F)C4=CC(=O)C=C[C@]4(C)C3(F)[C@@H](O)C[C@@]21C. The van der Waals surface area contributed by atoms with E-state index in [1.165, 1.54) is 19.1 Å². The number of allylic oxidation sites excluding steroid dienone is 4. The Morgan fingerprint density at radius 2 is 1.86 bits per heavy atom. The van der Waals surface area contributed by atoms with Crippen LogP contribution in [0.5, 0.6) is 0 Å². The number of fused-ring (bicyclic) bond motifs is 5. The van der Waals surface area contributed by atoms with Gasteiger partial charge in [0.25, 0.3) is 0 Å². The van der Waals surface area contributed by atoms with Crippen molar-refractivity contribution in [2.24, 2.45) is 28.6 Å². The molecule has 3 fully saturated rings. The van der Waals surface area contributed by atoms with Gasteiger partial charge in [-0.25, -0.2) is 18.4 Å². The largest absolute Gasteiger partial charge is 0.509 e. The highest BCUT2D eigenvalue weighted by Gasteiger charge is 2.78. The quantitative estimate of drug-likeness (QED) is 0.527. The molecule has 36 heavy (non-hydrogen) atoms. The van der Waals surface area contributed by atoms with Crippen molar-refractivity contribution in [1.82, 2.24) is 0 Å². The summed E-state index contributed by atoms with van der Waals surface area (Å²) in [5, 5.41) is 21.9. The molecule has 0 heterocycles. The number of rotatable bonds is 4. The Hall–Kier alpha value is -2.29. The Bertz CT molecular complexity index is 1050. The molecule has 2 N–H and O–H groups in total. The summed E-state index contributed by atoms with van der Waals surface area (Å²) in [6.45, 7) is 9.83. The van der Waals surface area contributed by atoms with Crippen LogP contribution in [0.15, 0.2) is 23.8 Å². The van der Waals surface area contributed by atoms with E-state index in [1.54, 1.807) is 34.6 Å². The molecule has 0 saturated heterocycles. The molecule has 3 saturated carbocycles. The first-order chi connectivity index (χ1) is 16.5. The van der Waals surface area contributed by atoms with Crippen LogP contribution < -0.4 is 0 Å². The standard InChI is InChI=1S/C27H36F2O7/c1-7-23(3,4)35-22(34)36-27(21(32)33)14(2)10-16-17-12-19(28)18-11-15(30)8-9-24(18,5)26(17,29)20(31)13-25(16,27)6/h8-9,11,14,16-17,19-20,31H,7,10,12-13H2,1-6H3,(H,32,33)/t14-,16+,17+,19+,20+,24+,25+,26?,27+/m1/s1. The molecule has 0 aromatic heterocycles.